The van der Waals surface area contributed by atoms with Crippen LogP contribution < -0.4 is 22.1 Å². The third-order valence-corrected chi connectivity index (χ3v) is 6.02. The molecule has 5 amide bonds. The van der Waals surface area contributed by atoms with Gasteiger partial charge in [0.05, 0.1) is 13.0 Å². The minimum Gasteiger partial charge on any atom is -0.481 e. The van der Waals surface area contributed by atoms with E-state index >= 15 is 0 Å². The summed E-state index contributed by atoms with van der Waals surface area (Å²) >= 11 is 0. The number of imide groups is 1. The van der Waals surface area contributed by atoms with Gasteiger partial charge in [0, 0.05) is 32.1 Å². The lowest BCUT2D eigenvalue weighted by Crippen LogP contribution is -2.56. The number of amides is 5. The van der Waals surface area contributed by atoms with Gasteiger partial charge in [0.2, 0.25) is 23.6 Å². The SMILES string of the molecule is CC(=O)N1CCCCN(CC(=O)N[C@@H](CC(=O)O)C(=O)NC(=O)c2ccccc2)C(=O)[C@@H]1CCCN=C(N)N. The maximum absolute atomic E-state index is 13.4. The van der Waals surface area contributed by atoms with Crippen molar-refractivity contribution in [2.45, 2.75) is 51.1 Å². The van der Waals surface area contributed by atoms with E-state index in [-0.39, 0.29) is 36.9 Å². The van der Waals surface area contributed by atoms with Crippen molar-refractivity contribution in [1.82, 2.24) is 20.4 Å². The second kappa shape index (κ2) is 15.1. The fraction of sp³-hybridized carbons (Fsp3) is 0.480. The zero-order valence-corrected chi connectivity index (χ0v) is 21.8. The number of carboxylic acid groups (broad SMARTS) is 1. The molecule has 0 aromatic heterocycles. The molecule has 0 radical (unpaired) electrons. The quantitative estimate of drug-likeness (QED) is 0.128. The summed E-state index contributed by atoms with van der Waals surface area (Å²) in [6.07, 6.45) is 1.02. The third-order valence-electron chi connectivity index (χ3n) is 6.02. The minimum absolute atomic E-state index is 0.0915. The van der Waals surface area contributed by atoms with E-state index in [1.807, 2.05) is 0 Å². The zero-order valence-electron chi connectivity index (χ0n) is 21.8. The number of carboxylic acids is 1. The fourth-order valence-corrected chi connectivity index (χ4v) is 4.16. The second-order valence-corrected chi connectivity index (χ2v) is 9.05. The van der Waals surface area contributed by atoms with Crippen molar-refractivity contribution in [1.29, 1.82) is 0 Å². The minimum atomic E-state index is -1.56. The number of carbonyl (C=O) groups excluding carboxylic acids is 5. The molecule has 14 nitrogen and oxygen atoms in total. The van der Waals surface area contributed by atoms with Crippen LogP contribution in [0.2, 0.25) is 0 Å². The summed E-state index contributed by atoms with van der Waals surface area (Å²) in [5, 5.41) is 13.6. The first-order valence-corrected chi connectivity index (χ1v) is 12.5. The monoisotopic (exact) mass is 545 g/mol. The summed E-state index contributed by atoms with van der Waals surface area (Å²) in [5.41, 5.74) is 10.9. The molecule has 1 aromatic carbocycles. The average molecular weight is 546 g/mol. The lowest BCUT2D eigenvalue weighted by molar-refractivity contribution is -0.148. The van der Waals surface area contributed by atoms with Crippen LogP contribution >= 0.6 is 0 Å². The molecule has 0 saturated carbocycles. The molecule has 0 unspecified atom stereocenters. The van der Waals surface area contributed by atoms with Gasteiger partial charge in [0.1, 0.15) is 12.1 Å². The molecule has 14 heteroatoms. The van der Waals surface area contributed by atoms with Crippen LogP contribution in [-0.4, -0.2) is 94.6 Å². The van der Waals surface area contributed by atoms with E-state index in [1.54, 1.807) is 18.2 Å². The summed E-state index contributed by atoms with van der Waals surface area (Å²) < 4.78 is 0. The van der Waals surface area contributed by atoms with Crippen LogP contribution in [0, 0.1) is 0 Å². The second-order valence-electron chi connectivity index (χ2n) is 9.05. The van der Waals surface area contributed by atoms with Crippen LogP contribution in [0.25, 0.3) is 0 Å². The highest BCUT2D eigenvalue weighted by molar-refractivity contribution is 6.07. The molecular formula is C25H35N7O7. The number of hydrogen-bond acceptors (Lipinski definition) is 7. The van der Waals surface area contributed by atoms with E-state index in [1.165, 1.54) is 28.9 Å². The molecule has 0 aliphatic carbocycles. The van der Waals surface area contributed by atoms with Crippen LogP contribution in [0.15, 0.2) is 35.3 Å². The van der Waals surface area contributed by atoms with Gasteiger partial charge in [-0.15, -0.1) is 0 Å². The molecule has 1 saturated heterocycles. The van der Waals surface area contributed by atoms with E-state index in [0.717, 1.165) is 0 Å². The molecule has 1 aliphatic rings. The Hall–Kier alpha value is -4.49. The van der Waals surface area contributed by atoms with Gasteiger partial charge in [-0.05, 0) is 37.8 Å². The molecule has 2 atom stereocenters. The smallest absolute Gasteiger partial charge is 0.305 e. The van der Waals surface area contributed by atoms with Crippen molar-refractivity contribution in [3.05, 3.63) is 35.9 Å². The van der Waals surface area contributed by atoms with Crippen molar-refractivity contribution in [3.8, 4) is 0 Å². The lowest BCUT2D eigenvalue weighted by atomic mass is 10.0. The van der Waals surface area contributed by atoms with Gasteiger partial charge in [0.25, 0.3) is 5.91 Å². The Morgan fingerprint density at radius 2 is 1.77 bits per heavy atom. The van der Waals surface area contributed by atoms with Crippen molar-refractivity contribution in [2.75, 3.05) is 26.2 Å². The van der Waals surface area contributed by atoms with E-state index < -0.39 is 54.6 Å². The average Bonchev–Trinajstić information content (AvgIpc) is 2.86. The molecule has 1 aliphatic heterocycles. The van der Waals surface area contributed by atoms with E-state index in [9.17, 15) is 33.9 Å². The first-order valence-electron chi connectivity index (χ1n) is 12.5. The summed E-state index contributed by atoms with van der Waals surface area (Å²) in [4.78, 5) is 81.5. The van der Waals surface area contributed by atoms with E-state index in [2.05, 4.69) is 15.6 Å². The van der Waals surface area contributed by atoms with Crippen molar-refractivity contribution < 1.29 is 33.9 Å². The van der Waals surface area contributed by atoms with Crippen LogP contribution in [0.3, 0.4) is 0 Å². The van der Waals surface area contributed by atoms with Gasteiger partial charge in [0.15, 0.2) is 5.96 Å². The Morgan fingerprint density at radius 3 is 2.38 bits per heavy atom. The Kier molecular flexibility index (Phi) is 11.9. The highest BCUT2D eigenvalue weighted by Crippen LogP contribution is 2.17. The lowest BCUT2D eigenvalue weighted by Gasteiger charge is -2.36. The maximum atomic E-state index is 13.4. The molecule has 1 aromatic rings. The number of hydrogen-bond donors (Lipinski definition) is 5. The highest BCUT2D eigenvalue weighted by Gasteiger charge is 2.34. The number of benzene rings is 1. The van der Waals surface area contributed by atoms with E-state index in [0.29, 0.717) is 25.8 Å². The van der Waals surface area contributed by atoms with Crippen molar-refractivity contribution in [2.24, 2.45) is 16.5 Å². The summed E-state index contributed by atoms with van der Waals surface area (Å²) in [6.45, 7) is 1.76. The molecule has 1 fully saturated rings. The van der Waals surface area contributed by atoms with Crippen LogP contribution in [0.5, 0.6) is 0 Å². The fourth-order valence-electron chi connectivity index (χ4n) is 4.16. The zero-order chi connectivity index (χ0) is 28.9. The topological polar surface area (TPSA) is 218 Å². The molecule has 39 heavy (non-hydrogen) atoms. The van der Waals surface area contributed by atoms with E-state index in [4.69, 9.17) is 11.5 Å². The molecule has 212 valence electrons. The van der Waals surface area contributed by atoms with Gasteiger partial charge >= 0.3 is 5.97 Å². The summed E-state index contributed by atoms with van der Waals surface area (Å²) in [5.74, 6) is -4.75. The number of nitrogens with two attached hydrogens (primary N) is 2. The largest absolute Gasteiger partial charge is 0.481 e. The maximum Gasteiger partial charge on any atom is 0.305 e. The number of aliphatic imine (C=N–C) groups is 1. The normalized spacial score (nSPS) is 16.3. The number of nitrogens with zero attached hydrogens (tertiary/aromatic N) is 3. The molecule has 1 heterocycles. The number of rotatable bonds is 11. The predicted octanol–water partition coefficient (Wildman–Crippen LogP) is -1.20. The number of nitrogens with one attached hydrogen (secondary N) is 2. The standard InChI is InChI=1S/C25H35N7O7/c1-16(33)32-13-6-5-12-31(24(39)19(32)10-7-11-28-25(26)27)15-20(34)29-18(14-21(35)36)23(38)30-22(37)17-8-3-2-4-9-17/h2-4,8-9,18-19H,5-7,10-15H2,1H3,(H,29,34)(H,35,36)(H4,26,27,28)(H,30,37,38)/t18-,19-/m0/s1. The first kappa shape index (κ1) is 30.7. The number of carbonyl (C=O) groups is 6. The number of aliphatic carboxylic acids is 1. The summed E-state index contributed by atoms with van der Waals surface area (Å²) in [7, 11) is 0. The predicted molar refractivity (Wildman–Crippen MR) is 140 cm³/mol. The molecule has 0 spiro atoms. The van der Waals surface area contributed by atoms with Crippen LogP contribution in [-0.2, 0) is 24.0 Å². The Balaban J connectivity index is 2.12. The summed E-state index contributed by atoms with van der Waals surface area (Å²) in [6, 6.07) is 5.42. The van der Waals surface area contributed by atoms with Gasteiger partial charge in [-0.3, -0.25) is 39.1 Å². The highest BCUT2D eigenvalue weighted by atomic mass is 16.4. The van der Waals surface area contributed by atoms with Crippen molar-refractivity contribution in [3.63, 3.8) is 0 Å². The molecule has 2 rings (SSSR count). The van der Waals surface area contributed by atoms with Gasteiger partial charge in [-0.2, -0.15) is 0 Å². The van der Waals surface area contributed by atoms with Crippen LogP contribution in [0.4, 0.5) is 0 Å². The number of guanidine groups is 1. The molecule has 0 bridgehead atoms. The molecular weight excluding hydrogens is 510 g/mol. The Labute approximate surface area is 225 Å². The molecule has 7 N–H and O–H groups in total. The van der Waals surface area contributed by atoms with Gasteiger partial charge in [-0.1, -0.05) is 18.2 Å². The van der Waals surface area contributed by atoms with Gasteiger partial charge in [-0.25, -0.2) is 0 Å². The Morgan fingerprint density at radius 1 is 1.10 bits per heavy atom. The van der Waals surface area contributed by atoms with Crippen molar-refractivity contribution >= 4 is 41.5 Å². The third kappa shape index (κ3) is 10.1. The first-order chi connectivity index (χ1) is 18.5. The van der Waals surface area contributed by atoms with Crippen LogP contribution in [0.1, 0.15) is 49.4 Å². The van der Waals surface area contributed by atoms with Gasteiger partial charge < -0.3 is 31.7 Å². The Bertz CT molecular complexity index is 1090.